The van der Waals surface area contributed by atoms with Gasteiger partial charge in [-0.05, 0) is 24.6 Å². The molecular weight excluding hydrogens is 164 g/mol. The molecule has 0 bridgehead atoms. The predicted molar refractivity (Wildman–Crippen MR) is 52.1 cm³/mol. The summed E-state index contributed by atoms with van der Waals surface area (Å²) in [5, 5.41) is 0. The van der Waals surface area contributed by atoms with Crippen LogP contribution >= 0.6 is 0 Å². The molecule has 0 aliphatic rings. The van der Waals surface area contributed by atoms with Gasteiger partial charge in [-0.1, -0.05) is 18.7 Å². The van der Waals surface area contributed by atoms with E-state index < -0.39 is 0 Å². The standard InChI is InChI=1S/C11H12O2/c1-8(2)11(12)9-5-4-6-10(7-9)13-3/h4-7H,1H2,2-3H3. The molecule has 0 spiro atoms. The van der Waals surface area contributed by atoms with Crippen molar-refractivity contribution in [2.24, 2.45) is 0 Å². The van der Waals surface area contributed by atoms with E-state index in [0.29, 0.717) is 16.9 Å². The maximum Gasteiger partial charge on any atom is 0.188 e. The summed E-state index contributed by atoms with van der Waals surface area (Å²) < 4.78 is 5.00. The van der Waals surface area contributed by atoms with Crippen LogP contribution in [0, 0.1) is 0 Å². The number of allylic oxidation sites excluding steroid dienone is 1. The minimum absolute atomic E-state index is 0.0427. The van der Waals surface area contributed by atoms with E-state index in [-0.39, 0.29) is 5.78 Å². The van der Waals surface area contributed by atoms with Crippen LogP contribution in [0.1, 0.15) is 17.3 Å². The van der Waals surface area contributed by atoms with Gasteiger partial charge in [0.15, 0.2) is 5.78 Å². The molecule has 2 heteroatoms. The third kappa shape index (κ3) is 2.18. The average Bonchev–Trinajstić information content (AvgIpc) is 2.16. The number of carbonyl (C=O) groups excluding carboxylic acids is 1. The molecule has 0 amide bonds. The van der Waals surface area contributed by atoms with E-state index in [9.17, 15) is 4.79 Å². The number of ether oxygens (including phenoxy) is 1. The molecule has 0 unspecified atom stereocenters. The lowest BCUT2D eigenvalue weighted by molar-refractivity contribution is 0.103. The smallest absolute Gasteiger partial charge is 0.188 e. The summed E-state index contributed by atoms with van der Waals surface area (Å²) in [6.45, 7) is 5.29. The van der Waals surface area contributed by atoms with Gasteiger partial charge in [0.2, 0.25) is 0 Å². The van der Waals surface area contributed by atoms with Gasteiger partial charge in [0.1, 0.15) is 5.75 Å². The largest absolute Gasteiger partial charge is 0.497 e. The Kier molecular flexibility index (Phi) is 2.85. The number of Topliss-reactive ketones (excluding diaryl/α,β-unsaturated/α-hetero) is 1. The minimum Gasteiger partial charge on any atom is -0.497 e. The molecule has 13 heavy (non-hydrogen) atoms. The lowest BCUT2D eigenvalue weighted by Gasteiger charge is -2.02. The number of hydrogen-bond acceptors (Lipinski definition) is 2. The van der Waals surface area contributed by atoms with Gasteiger partial charge in [0, 0.05) is 5.56 Å². The Hall–Kier alpha value is -1.57. The van der Waals surface area contributed by atoms with Crippen LogP contribution in [0.15, 0.2) is 36.4 Å². The van der Waals surface area contributed by atoms with E-state index in [1.165, 1.54) is 0 Å². The van der Waals surface area contributed by atoms with Crippen molar-refractivity contribution in [3.63, 3.8) is 0 Å². The van der Waals surface area contributed by atoms with Gasteiger partial charge in [-0.2, -0.15) is 0 Å². The molecule has 0 saturated carbocycles. The zero-order valence-corrected chi connectivity index (χ0v) is 7.83. The molecule has 1 aromatic carbocycles. The zero-order chi connectivity index (χ0) is 9.84. The van der Waals surface area contributed by atoms with E-state index in [1.807, 2.05) is 0 Å². The summed E-state index contributed by atoms with van der Waals surface area (Å²) in [5.41, 5.74) is 1.15. The van der Waals surface area contributed by atoms with Crippen LogP contribution in [-0.2, 0) is 0 Å². The fraction of sp³-hybridized carbons (Fsp3) is 0.182. The number of benzene rings is 1. The Morgan fingerprint density at radius 1 is 1.46 bits per heavy atom. The van der Waals surface area contributed by atoms with Gasteiger partial charge in [0.05, 0.1) is 7.11 Å². The van der Waals surface area contributed by atoms with Crippen molar-refractivity contribution in [3.8, 4) is 5.75 Å². The number of rotatable bonds is 3. The second-order valence-electron chi connectivity index (χ2n) is 2.84. The van der Waals surface area contributed by atoms with Gasteiger partial charge in [0.25, 0.3) is 0 Å². The lowest BCUT2D eigenvalue weighted by atomic mass is 10.1. The second-order valence-corrected chi connectivity index (χ2v) is 2.84. The Bertz CT molecular complexity index is 340. The van der Waals surface area contributed by atoms with Gasteiger partial charge in [-0.3, -0.25) is 4.79 Å². The van der Waals surface area contributed by atoms with E-state index >= 15 is 0 Å². The van der Waals surface area contributed by atoms with Gasteiger partial charge in [-0.25, -0.2) is 0 Å². The van der Waals surface area contributed by atoms with E-state index in [4.69, 9.17) is 4.74 Å². The number of carbonyl (C=O) groups is 1. The Labute approximate surface area is 77.8 Å². The van der Waals surface area contributed by atoms with Crippen molar-refractivity contribution in [3.05, 3.63) is 42.0 Å². The van der Waals surface area contributed by atoms with Crippen molar-refractivity contribution in [1.29, 1.82) is 0 Å². The molecule has 0 N–H and O–H groups in total. The highest BCUT2D eigenvalue weighted by molar-refractivity contribution is 6.08. The van der Waals surface area contributed by atoms with Crippen LogP contribution in [-0.4, -0.2) is 12.9 Å². The summed E-state index contributed by atoms with van der Waals surface area (Å²) in [5.74, 6) is 0.644. The molecule has 68 valence electrons. The molecule has 0 heterocycles. The molecule has 1 rings (SSSR count). The first-order chi connectivity index (χ1) is 6.15. The number of ketones is 1. The molecule has 0 aromatic heterocycles. The summed E-state index contributed by atoms with van der Waals surface area (Å²) in [4.78, 5) is 11.5. The van der Waals surface area contributed by atoms with E-state index in [1.54, 1.807) is 38.3 Å². The second kappa shape index (κ2) is 3.90. The molecule has 1 aromatic rings. The fourth-order valence-electron chi connectivity index (χ4n) is 1.01. The number of hydrogen-bond donors (Lipinski definition) is 0. The van der Waals surface area contributed by atoms with Gasteiger partial charge >= 0.3 is 0 Å². The highest BCUT2D eigenvalue weighted by atomic mass is 16.5. The van der Waals surface area contributed by atoms with Crippen molar-refractivity contribution in [2.75, 3.05) is 7.11 Å². The summed E-state index contributed by atoms with van der Waals surface area (Å²) in [6, 6.07) is 7.04. The van der Waals surface area contributed by atoms with Crippen molar-refractivity contribution in [2.45, 2.75) is 6.92 Å². The predicted octanol–water partition coefficient (Wildman–Crippen LogP) is 2.45. The maximum absolute atomic E-state index is 11.5. The third-order valence-electron chi connectivity index (χ3n) is 1.72. The fourth-order valence-corrected chi connectivity index (χ4v) is 1.01. The van der Waals surface area contributed by atoms with Crippen molar-refractivity contribution < 1.29 is 9.53 Å². The Morgan fingerprint density at radius 3 is 2.69 bits per heavy atom. The van der Waals surface area contributed by atoms with Crippen molar-refractivity contribution in [1.82, 2.24) is 0 Å². The highest BCUT2D eigenvalue weighted by Crippen LogP contribution is 2.14. The van der Waals surface area contributed by atoms with Crippen molar-refractivity contribution >= 4 is 5.78 Å². The van der Waals surface area contributed by atoms with Gasteiger partial charge in [-0.15, -0.1) is 0 Å². The zero-order valence-electron chi connectivity index (χ0n) is 7.83. The average molecular weight is 176 g/mol. The monoisotopic (exact) mass is 176 g/mol. The molecule has 0 aliphatic heterocycles. The Morgan fingerprint density at radius 2 is 2.15 bits per heavy atom. The van der Waals surface area contributed by atoms with Gasteiger partial charge < -0.3 is 4.74 Å². The van der Waals surface area contributed by atoms with Crippen LogP contribution in [0.25, 0.3) is 0 Å². The molecular formula is C11H12O2. The summed E-state index contributed by atoms with van der Waals surface area (Å²) >= 11 is 0. The van der Waals surface area contributed by atoms with Crippen LogP contribution < -0.4 is 4.74 Å². The normalized spacial score (nSPS) is 9.38. The lowest BCUT2D eigenvalue weighted by Crippen LogP contribution is -1.99. The third-order valence-corrected chi connectivity index (χ3v) is 1.72. The van der Waals surface area contributed by atoms with Crippen LogP contribution in [0.4, 0.5) is 0 Å². The topological polar surface area (TPSA) is 26.3 Å². The molecule has 2 nitrogen and oxygen atoms in total. The SMILES string of the molecule is C=C(C)C(=O)c1cccc(OC)c1. The summed E-state index contributed by atoms with van der Waals surface area (Å²) in [6.07, 6.45) is 0. The number of methoxy groups -OCH3 is 1. The first-order valence-corrected chi connectivity index (χ1v) is 3.99. The molecule has 0 fully saturated rings. The highest BCUT2D eigenvalue weighted by Gasteiger charge is 2.06. The summed E-state index contributed by atoms with van der Waals surface area (Å²) in [7, 11) is 1.57. The minimum atomic E-state index is -0.0427. The first-order valence-electron chi connectivity index (χ1n) is 3.99. The first kappa shape index (κ1) is 9.52. The molecule has 0 radical (unpaired) electrons. The quantitative estimate of drug-likeness (QED) is 0.522. The molecule has 0 saturated heterocycles. The Balaban J connectivity index is 3.02. The van der Waals surface area contributed by atoms with Crippen LogP contribution in [0.3, 0.4) is 0 Å². The maximum atomic E-state index is 11.5. The van der Waals surface area contributed by atoms with E-state index in [2.05, 4.69) is 6.58 Å². The van der Waals surface area contributed by atoms with Crippen LogP contribution in [0.5, 0.6) is 5.75 Å². The van der Waals surface area contributed by atoms with E-state index in [0.717, 1.165) is 0 Å². The van der Waals surface area contributed by atoms with Crippen LogP contribution in [0.2, 0.25) is 0 Å². The molecule has 0 aliphatic carbocycles. The molecule has 0 atom stereocenters.